The fourth-order valence-corrected chi connectivity index (χ4v) is 5.91. The van der Waals surface area contributed by atoms with Gasteiger partial charge in [-0.2, -0.15) is 0 Å². The topological polar surface area (TPSA) is 43.8 Å². The molecule has 0 bridgehead atoms. The van der Waals surface area contributed by atoms with Gasteiger partial charge in [0.15, 0.2) is 0 Å². The summed E-state index contributed by atoms with van der Waals surface area (Å²) in [5.41, 5.74) is 3.56. The van der Waals surface area contributed by atoms with Crippen LogP contribution in [0.2, 0.25) is 0 Å². The molecule has 0 amide bonds. The van der Waals surface area contributed by atoms with Crippen LogP contribution in [0.1, 0.15) is 29.0 Å². The molecule has 1 aliphatic rings. The molecule has 0 aliphatic carbocycles. The molecule has 2 heterocycles. The van der Waals surface area contributed by atoms with E-state index < -0.39 is 5.60 Å². The van der Waals surface area contributed by atoms with Crippen molar-refractivity contribution in [2.75, 3.05) is 34.5 Å². The van der Waals surface area contributed by atoms with Gasteiger partial charge >= 0.3 is 0 Å². The normalized spacial score (nSPS) is 18.9. The van der Waals surface area contributed by atoms with E-state index in [-0.39, 0.29) is 5.92 Å². The first-order valence-corrected chi connectivity index (χ1v) is 13.0. The highest BCUT2D eigenvalue weighted by molar-refractivity contribution is 5.87. The number of pyridine rings is 1. The Morgan fingerprint density at radius 1 is 0.842 bits per heavy atom. The van der Waals surface area contributed by atoms with Crippen LogP contribution in [-0.4, -0.2) is 44.4 Å². The molecule has 1 aromatic heterocycles. The van der Waals surface area contributed by atoms with E-state index in [1.807, 2.05) is 18.2 Å². The molecule has 1 aliphatic heterocycles. The fraction of sp³-hybridized carbons (Fsp3) is 0.242. The third-order valence-electron chi connectivity index (χ3n) is 7.77. The summed E-state index contributed by atoms with van der Waals surface area (Å²) < 4.78 is 18.5. The van der Waals surface area contributed by atoms with Crippen LogP contribution in [0.4, 0.5) is 0 Å². The predicted molar refractivity (Wildman–Crippen MR) is 152 cm³/mol. The highest BCUT2D eigenvalue weighted by Crippen LogP contribution is 2.52. The van der Waals surface area contributed by atoms with Crippen LogP contribution in [0.3, 0.4) is 0 Å². The monoisotopic (exact) mass is 504 g/mol. The molecule has 2 atom stereocenters. The van der Waals surface area contributed by atoms with E-state index in [2.05, 4.69) is 90.8 Å². The Morgan fingerprint density at radius 3 is 2.39 bits per heavy atom. The largest absolute Gasteiger partial charge is 0.497 e. The fourth-order valence-electron chi connectivity index (χ4n) is 5.91. The van der Waals surface area contributed by atoms with E-state index >= 15 is 0 Å². The molecule has 1 fully saturated rings. The van der Waals surface area contributed by atoms with E-state index in [1.54, 1.807) is 14.2 Å². The van der Waals surface area contributed by atoms with Crippen molar-refractivity contribution in [1.82, 2.24) is 9.88 Å². The molecular weight excluding hydrogens is 472 g/mol. The lowest BCUT2D eigenvalue weighted by atomic mass is 9.70. The average molecular weight is 505 g/mol. The van der Waals surface area contributed by atoms with Gasteiger partial charge in [-0.1, -0.05) is 72.8 Å². The third-order valence-corrected chi connectivity index (χ3v) is 7.77. The Labute approximate surface area is 223 Å². The van der Waals surface area contributed by atoms with Crippen LogP contribution in [-0.2, 0) is 10.3 Å². The number of hydrogen-bond donors (Lipinski definition) is 0. The van der Waals surface area contributed by atoms with Gasteiger partial charge in [0.25, 0.3) is 0 Å². The maximum Gasteiger partial charge on any atom is 0.217 e. The predicted octanol–water partition coefficient (Wildman–Crippen LogP) is 6.74. The zero-order chi connectivity index (χ0) is 26.1. The van der Waals surface area contributed by atoms with Crippen molar-refractivity contribution in [3.8, 4) is 11.6 Å². The number of nitrogens with zero attached hydrogens (tertiary/aromatic N) is 2. The maximum atomic E-state index is 7.02. The highest BCUT2D eigenvalue weighted by atomic mass is 16.5. The Balaban J connectivity index is 1.67. The van der Waals surface area contributed by atoms with Crippen LogP contribution in [0.25, 0.3) is 21.7 Å². The van der Waals surface area contributed by atoms with Crippen LogP contribution < -0.4 is 9.47 Å². The van der Waals surface area contributed by atoms with E-state index in [4.69, 9.17) is 19.2 Å². The van der Waals surface area contributed by atoms with Crippen LogP contribution in [0, 0.1) is 0 Å². The quantitative estimate of drug-likeness (QED) is 0.256. The zero-order valence-electron chi connectivity index (χ0n) is 22.1. The number of benzene rings is 4. The Hall–Kier alpha value is -3.93. The molecule has 192 valence electrons. The van der Waals surface area contributed by atoms with Gasteiger partial charge in [0, 0.05) is 23.4 Å². The number of aromatic nitrogens is 1. The van der Waals surface area contributed by atoms with Crippen LogP contribution in [0.15, 0.2) is 97.1 Å². The van der Waals surface area contributed by atoms with E-state index in [9.17, 15) is 0 Å². The maximum absolute atomic E-state index is 7.02. The molecule has 0 N–H and O–H groups in total. The molecule has 0 unspecified atom stereocenters. The molecule has 1 saturated heterocycles. The number of ether oxygens (including phenoxy) is 3. The second-order valence-corrected chi connectivity index (χ2v) is 10.0. The Kier molecular flexibility index (Phi) is 6.48. The van der Waals surface area contributed by atoms with Gasteiger partial charge in [-0.15, -0.1) is 0 Å². The van der Waals surface area contributed by atoms with Gasteiger partial charge in [-0.3, -0.25) is 4.90 Å². The van der Waals surface area contributed by atoms with Gasteiger partial charge in [0.2, 0.25) is 5.88 Å². The van der Waals surface area contributed by atoms with E-state index in [1.165, 1.54) is 16.3 Å². The summed E-state index contributed by atoms with van der Waals surface area (Å²) >= 11 is 0. The minimum Gasteiger partial charge on any atom is -0.497 e. The van der Waals surface area contributed by atoms with Crippen LogP contribution in [0.5, 0.6) is 11.6 Å². The highest BCUT2D eigenvalue weighted by Gasteiger charge is 2.47. The number of methoxy groups -OCH3 is 2. The molecule has 4 aromatic carbocycles. The summed E-state index contributed by atoms with van der Waals surface area (Å²) in [6.07, 6.45) is 0.816. The summed E-state index contributed by atoms with van der Waals surface area (Å²) in [5, 5.41) is 3.41. The number of fused-ring (bicyclic) bond motifs is 2. The first-order valence-electron chi connectivity index (χ1n) is 13.0. The summed E-state index contributed by atoms with van der Waals surface area (Å²) in [4.78, 5) is 7.20. The molecule has 0 saturated carbocycles. The molecule has 38 heavy (non-hydrogen) atoms. The standard InChI is InChI=1S/C33H32N2O3/c1-35-19-18-33(38-22-35,29-15-9-13-23-10-7-8-14-27(23)29)31(24-11-5-4-6-12-24)28-21-25-20-26(36-2)16-17-30(25)34-32(28)37-3/h4-17,20-21,31H,18-19,22H2,1-3H3/t31-,33-/m1/s1. The van der Waals surface area contributed by atoms with Crippen molar-refractivity contribution in [1.29, 1.82) is 0 Å². The minimum atomic E-state index is -0.643. The van der Waals surface area contributed by atoms with Gasteiger partial charge < -0.3 is 14.2 Å². The second-order valence-electron chi connectivity index (χ2n) is 10.0. The van der Waals surface area contributed by atoms with Gasteiger partial charge in [0.1, 0.15) is 18.1 Å². The minimum absolute atomic E-state index is 0.166. The number of rotatable bonds is 6. The SMILES string of the molecule is COc1ccc2nc(OC)c([C@@H](c3ccccc3)[C@]3(c4cccc5ccccc45)CCN(C)CO3)cc2c1. The van der Waals surface area contributed by atoms with Gasteiger partial charge in [-0.25, -0.2) is 4.98 Å². The average Bonchev–Trinajstić information content (AvgIpc) is 2.98. The van der Waals surface area contributed by atoms with Gasteiger partial charge in [0.05, 0.1) is 19.7 Å². The van der Waals surface area contributed by atoms with Crippen molar-refractivity contribution >= 4 is 21.7 Å². The Morgan fingerprint density at radius 2 is 1.63 bits per heavy atom. The molecular formula is C33H32N2O3. The third kappa shape index (κ3) is 4.18. The molecule has 0 spiro atoms. The lowest BCUT2D eigenvalue weighted by Crippen LogP contribution is -2.47. The first-order chi connectivity index (χ1) is 18.6. The molecule has 5 nitrogen and oxygen atoms in total. The molecule has 6 rings (SSSR count). The smallest absolute Gasteiger partial charge is 0.217 e. The molecule has 5 heteroatoms. The van der Waals surface area contributed by atoms with Crippen molar-refractivity contribution in [3.05, 3.63) is 114 Å². The van der Waals surface area contributed by atoms with E-state index in [0.717, 1.165) is 40.7 Å². The summed E-state index contributed by atoms with van der Waals surface area (Å²) in [6, 6.07) is 33.9. The van der Waals surface area contributed by atoms with Crippen LogP contribution >= 0.6 is 0 Å². The summed E-state index contributed by atoms with van der Waals surface area (Å²) in [5.74, 6) is 1.24. The van der Waals surface area contributed by atoms with Crippen molar-refractivity contribution < 1.29 is 14.2 Å². The zero-order valence-corrected chi connectivity index (χ0v) is 22.1. The van der Waals surface area contributed by atoms with Crippen molar-refractivity contribution in [2.45, 2.75) is 17.9 Å². The number of hydrogen-bond acceptors (Lipinski definition) is 5. The lowest BCUT2D eigenvalue weighted by molar-refractivity contribution is -0.145. The Bertz CT molecular complexity index is 1570. The van der Waals surface area contributed by atoms with E-state index in [0.29, 0.717) is 12.6 Å². The first kappa shape index (κ1) is 24.4. The van der Waals surface area contributed by atoms with Gasteiger partial charge in [-0.05, 0) is 59.6 Å². The summed E-state index contributed by atoms with van der Waals surface area (Å²) in [6.45, 7) is 1.44. The summed E-state index contributed by atoms with van der Waals surface area (Å²) in [7, 11) is 5.49. The second kappa shape index (κ2) is 10.1. The molecule has 5 aromatic rings. The van der Waals surface area contributed by atoms with Crippen molar-refractivity contribution in [3.63, 3.8) is 0 Å². The molecule has 0 radical (unpaired) electrons. The van der Waals surface area contributed by atoms with Crippen molar-refractivity contribution in [2.24, 2.45) is 0 Å². The lowest BCUT2D eigenvalue weighted by Gasteiger charge is -2.47.